The number of hydrogen-bond donors (Lipinski definition) is 0. The Balaban J connectivity index is 0.00000108. The van der Waals surface area contributed by atoms with E-state index in [-0.39, 0.29) is 12.4 Å². The van der Waals surface area contributed by atoms with Crippen LogP contribution in [-0.4, -0.2) is 18.0 Å². The Morgan fingerprint density at radius 1 is 0.824 bits per heavy atom. The third-order valence-corrected chi connectivity index (χ3v) is 4.45. The van der Waals surface area contributed by atoms with E-state index in [0.29, 0.717) is 5.54 Å². The molecule has 0 spiro atoms. The lowest BCUT2D eigenvalue weighted by molar-refractivity contribution is -0.00219. The van der Waals surface area contributed by atoms with E-state index >= 15 is 0 Å². The van der Waals surface area contributed by atoms with E-state index in [0.717, 1.165) is 0 Å². The molecule has 94 valence electrons. The molecule has 0 amide bonds. The Morgan fingerprint density at radius 2 is 1.47 bits per heavy atom. The van der Waals surface area contributed by atoms with Gasteiger partial charge in [0.05, 0.1) is 0 Å². The summed E-state index contributed by atoms with van der Waals surface area (Å²) < 4.78 is 0. The summed E-state index contributed by atoms with van der Waals surface area (Å²) in [6.07, 6.45) is 8.38. The first-order valence-electron chi connectivity index (χ1n) is 6.72. The molecule has 1 heterocycles. The van der Waals surface area contributed by atoms with Crippen LogP contribution >= 0.6 is 12.4 Å². The van der Waals surface area contributed by atoms with Crippen molar-refractivity contribution in [3.05, 3.63) is 35.9 Å². The van der Waals surface area contributed by atoms with Crippen molar-refractivity contribution < 1.29 is 0 Å². The van der Waals surface area contributed by atoms with Crippen LogP contribution in [0.15, 0.2) is 30.3 Å². The number of halogens is 1. The van der Waals surface area contributed by atoms with Gasteiger partial charge in [0.2, 0.25) is 0 Å². The number of rotatable bonds is 2. The molecular weight excluding hydrogens is 230 g/mol. The molecule has 17 heavy (non-hydrogen) atoms. The van der Waals surface area contributed by atoms with Crippen LogP contribution in [0.2, 0.25) is 0 Å². The first-order chi connectivity index (χ1) is 7.92. The molecule has 1 aromatic rings. The Hall–Kier alpha value is -0.530. The third-order valence-electron chi connectivity index (χ3n) is 4.45. The fourth-order valence-corrected chi connectivity index (χ4v) is 3.37. The van der Waals surface area contributed by atoms with E-state index < -0.39 is 0 Å². The van der Waals surface area contributed by atoms with Crippen LogP contribution < -0.4 is 0 Å². The van der Waals surface area contributed by atoms with Gasteiger partial charge < -0.3 is 0 Å². The first-order valence-corrected chi connectivity index (χ1v) is 6.72. The van der Waals surface area contributed by atoms with Crippen molar-refractivity contribution in [2.45, 2.75) is 44.1 Å². The van der Waals surface area contributed by atoms with Crippen molar-refractivity contribution in [2.75, 3.05) is 13.1 Å². The lowest BCUT2D eigenvalue weighted by Gasteiger charge is -2.52. The Kier molecular flexibility index (Phi) is 4.11. The Morgan fingerprint density at radius 3 is 2.00 bits per heavy atom. The second-order valence-electron chi connectivity index (χ2n) is 5.30. The van der Waals surface area contributed by atoms with Gasteiger partial charge in [-0.15, -0.1) is 12.4 Å². The van der Waals surface area contributed by atoms with Crippen LogP contribution in [0, 0.1) is 0 Å². The van der Waals surface area contributed by atoms with Crippen LogP contribution in [0.25, 0.3) is 0 Å². The summed E-state index contributed by atoms with van der Waals surface area (Å²) in [7, 11) is 0. The lowest BCUT2D eigenvalue weighted by atomic mass is 9.70. The smallest absolute Gasteiger partial charge is 0.0460 e. The summed E-state index contributed by atoms with van der Waals surface area (Å²) in [5.74, 6) is 0. The SMILES string of the molecule is Cl.c1ccc(C2(N3CCCCC3)CCC2)cc1. The van der Waals surface area contributed by atoms with Gasteiger partial charge in [-0.05, 0) is 50.8 Å². The van der Waals surface area contributed by atoms with E-state index in [1.54, 1.807) is 5.56 Å². The average Bonchev–Trinajstić information content (AvgIpc) is 2.31. The Bertz CT molecular complexity index is 339. The van der Waals surface area contributed by atoms with E-state index in [4.69, 9.17) is 0 Å². The van der Waals surface area contributed by atoms with E-state index in [2.05, 4.69) is 35.2 Å². The minimum absolute atomic E-state index is 0. The van der Waals surface area contributed by atoms with Crippen molar-refractivity contribution in [1.29, 1.82) is 0 Å². The van der Waals surface area contributed by atoms with Crippen LogP contribution in [-0.2, 0) is 5.54 Å². The van der Waals surface area contributed by atoms with Gasteiger partial charge in [-0.25, -0.2) is 0 Å². The fraction of sp³-hybridized carbons (Fsp3) is 0.600. The highest BCUT2D eigenvalue weighted by atomic mass is 35.5. The van der Waals surface area contributed by atoms with Crippen LogP contribution in [0.1, 0.15) is 44.1 Å². The van der Waals surface area contributed by atoms with E-state index in [1.165, 1.54) is 51.6 Å². The zero-order valence-corrected chi connectivity index (χ0v) is 11.2. The monoisotopic (exact) mass is 251 g/mol. The molecule has 0 N–H and O–H groups in total. The van der Waals surface area contributed by atoms with Crippen molar-refractivity contribution in [3.63, 3.8) is 0 Å². The Labute approximate surface area is 111 Å². The molecule has 1 nitrogen and oxygen atoms in total. The second kappa shape index (κ2) is 5.41. The van der Waals surface area contributed by atoms with Gasteiger partial charge in [-0.1, -0.05) is 36.8 Å². The predicted molar refractivity (Wildman–Crippen MR) is 74.6 cm³/mol. The fourth-order valence-electron chi connectivity index (χ4n) is 3.37. The van der Waals surface area contributed by atoms with Crippen molar-refractivity contribution in [2.24, 2.45) is 0 Å². The summed E-state index contributed by atoms with van der Waals surface area (Å²) >= 11 is 0. The van der Waals surface area contributed by atoms with Crippen LogP contribution in [0.3, 0.4) is 0 Å². The van der Waals surface area contributed by atoms with Crippen molar-refractivity contribution >= 4 is 12.4 Å². The zero-order valence-electron chi connectivity index (χ0n) is 10.4. The number of piperidine rings is 1. The standard InChI is InChI=1S/C15H21N.ClH/c1-3-8-14(9-4-1)15(10-7-11-15)16-12-5-2-6-13-16;/h1,3-4,8-9H,2,5-7,10-13H2;1H. The first kappa shape index (κ1) is 12.9. The predicted octanol–water partition coefficient (Wildman–Crippen LogP) is 3.97. The maximum absolute atomic E-state index is 2.76. The molecule has 1 aromatic carbocycles. The molecule has 1 saturated heterocycles. The van der Waals surface area contributed by atoms with E-state index in [1.807, 2.05) is 0 Å². The summed E-state index contributed by atoms with van der Waals surface area (Å²) in [5, 5.41) is 0. The average molecular weight is 252 g/mol. The van der Waals surface area contributed by atoms with Crippen LogP contribution in [0.5, 0.6) is 0 Å². The molecule has 0 aromatic heterocycles. The highest BCUT2D eigenvalue weighted by molar-refractivity contribution is 5.85. The van der Waals surface area contributed by atoms with Gasteiger partial charge in [-0.2, -0.15) is 0 Å². The van der Waals surface area contributed by atoms with Gasteiger partial charge in [0, 0.05) is 5.54 Å². The number of benzene rings is 1. The van der Waals surface area contributed by atoms with Crippen molar-refractivity contribution in [3.8, 4) is 0 Å². The molecule has 0 unspecified atom stereocenters. The molecule has 2 fully saturated rings. The molecule has 3 rings (SSSR count). The largest absolute Gasteiger partial charge is 0.294 e. The summed E-state index contributed by atoms with van der Waals surface area (Å²) in [5.41, 5.74) is 1.98. The lowest BCUT2D eigenvalue weighted by Crippen LogP contribution is -2.52. The maximum Gasteiger partial charge on any atom is 0.0460 e. The second-order valence-corrected chi connectivity index (χ2v) is 5.30. The van der Waals surface area contributed by atoms with Gasteiger partial charge in [0.1, 0.15) is 0 Å². The maximum atomic E-state index is 2.76. The summed E-state index contributed by atoms with van der Waals surface area (Å²) in [6, 6.07) is 11.2. The van der Waals surface area contributed by atoms with Crippen molar-refractivity contribution in [1.82, 2.24) is 4.90 Å². The zero-order chi connectivity index (χ0) is 10.8. The van der Waals surface area contributed by atoms with Gasteiger partial charge >= 0.3 is 0 Å². The molecule has 1 saturated carbocycles. The third kappa shape index (κ3) is 2.23. The minimum Gasteiger partial charge on any atom is -0.294 e. The summed E-state index contributed by atoms with van der Waals surface area (Å²) in [6.45, 7) is 2.63. The quantitative estimate of drug-likeness (QED) is 0.769. The molecule has 2 aliphatic rings. The highest BCUT2D eigenvalue weighted by Crippen LogP contribution is 2.47. The van der Waals surface area contributed by atoms with Gasteiger partial charge in [-0.3, -0.25) is 4.90 Å². The summed E-state index contributed by atoms with van der Waals surface area (Å²) in [4.78, 5) is 2.76. The molecular formula is C15H22ClN. The molecule has 2 heteroatoms. The normalized spacial score (nSPS) is 23.5. The van der Waals surface area contributed by atoms with Gasteiger partial charge in [0.15, 0.2) is 0 Å². The van der Waals surface area contributed by atoms with Gasteiger partial charge in [0.25, 0.3) is 0 Å². The van der Waals surface area contributed by atoms with Crippen LogP contribution in [0.4, 0.5) is 0 Å². The topological polar surface area (TPSA) is 3.24 Å². The molecule has 0 radical (unpaired) electrons. The molecule has 1 aliphatic heterocycles. The molecule has 0 bridgehead atoms. The number of hydrogen-bond acceptors (Lipinski definition) is 1. The molecule has 1 aliphatic carbocycles. The highest BCUT2D eigenvalue weighted by Gasteiger charge is 2.43. The number of nitrogens with zero attached hydrogens (tertiary/aromatic N) is 1. The minimum atomic E-state index is 0. The molecule has 0 atom stereocenters. The van der Waals surface area contributed by atoms with E-state index in [9.17, 15) is 0 Å². The number of likely N-dealkylation sites (tertiary alicyclic amines) is 1.